The van der Waals surface area contributed by atoms with Gasteiger partial charge < -0.3 is 36.9 Å². The molecule has 1 aromatic heterocycles. The van der Waals surface area contributed by atoms with Gasteiger partial charge in [0.25, 0.3) is 0 Å². The molecule has 0 radical (unpaired) electrons. The Morgan fingerprint density at radius 3 is 2.05 bits per heavy atom. The number of benzene rings is 1. The largest absolute Gasteiger partial charge is 0.480 e. The molecule has 11 heteroatoms. The average Bonchev–Trinajstić information content (AvgIpc) is 3.25. The fraction of sp³-hybridized carbons (Fsp3) is 0.538. The molecule has 2 aromatic rings. The van der Waals surface area contributed by atoms with Gasteiger partial charge in [-0.15, -0.1) is 0 Å². The third-order valence-corrected chi connectivity index (χ3v) is 6.54. The van der Waals surface area contributed by atoms with Gasteiger partial charge in [0.05, 0.1) is 12.1 Å². The lowest BCUT2D eigenvalue weighted by molar-refractivity contribution is -0.145. The van der Waals surface area contributed by atoms with Crippen LogP contribution in [0.1, 0.15) is 46.6 Å². The lowest BCUT2D eigenvalue weighted by Crippen LogP contribution is -2.60. The molecule has 6 atom stereocenters. The molecule has 1 aromatic carbocycles. The molecule has 0 spiro atoms. The number of carboxylic acids is 1. The highest BCUT2D eigenvalue weighted by atomic mass is 16.4. The summed E-state index contributed by atoms with van der Waals surface area (Å²) >= 11 is 0. The van der Waals surface area contributed by atoms with E-state index in [1.807, 2.05) is 31.2 Å². The summed E-state index contributed by atoms with van der Waals surface area (Å²) in [5.41, 5.74) is 7.99. The molecule has 0 saturated heterocycles. The van der Waals surface area contributed by atoms with Crippen LogP contribution in [-0.4, -0.2) is 69.2 Å². The number of amides is 3. The number of carboxylic acid groups (broad SMARTS) is 1. The van der Waals surface area contributed by atoms with E-state index in [0.717, 1.165) is 16.5 Å². The zero-order valence-electron chi connectivity index (χ0n) is 21.9. The smallest absolute Gasteiger partial charge is 0.328 e. The minimum atomic E-state index is -1.53. The zero-order valence-corrected chi connectivity index (χ0v) is 21.9. The molecule has 0 bridgehead atoms. The van der Waals surface area contributed by atoms with E-state index in [9.17, 15) is 29.4 Å². The number of rotatable bonds is 13. The number of nitrogens with one attached hydrogen (secondary N) is 4. The molecule has 0 aliphatic heterocycles. The third-order valence-electron chi connectivity index (χ3n) is 6.54. The number of hydrogen-bond acceptors (Lipinski definition) is 6. The predicted octanol–water partition coefficient (Wildman–Crippen LogP) is 0.660. The Morgan fingerprint density at radius 1 is 0.919 bits per heavy atom. The molecular weight excluding hydrogens is 478 g/mol. The number of hydrogen-bond donors (Lipinski definition) is 7. The quantitative estimate of drug-likeness (QED) is 0.203. The number of fused-ring (bicyclic) bond motifs is 1. The first kappa shape index (κ1) is 29.8. The van der Waals surface area contributed by atoms with Crippen molar-refractivity contribution in [3.8, 4) is 0 Å². The van der Waals surface area contributed by atoms with Gasteiger partial charge in [0, 0.05) is 17.1 Å². The van der Waals surface area contributed by atoms with Crippen LogP contribution in [0.2, 0.25) is 0 Å². The average molecular weight is 518 g/mol. The van der Waals surface area contributed by atoms with Crippen LogP contribution in [0.5, 0.6) is 0 Å². The van der Waals surface area contributed by atoms with Crippen molar-refractivity contribution >= 4 is 34.6 Å². The standard InChI is InChI=1S/C26H39N5O6/c1-6-14(4)21(25(35)31-22(15(5)32)26(36)37)30-24(34)20(13(2)3)29-23(33)18(27)11-16-12-28-19-10-8-7-9-17(16)19/h7-10,12-15,18,20-22,28,32H,6,11,27H2,1-5H3,(H,29,33)(H,30,34)(H,31,35)(H,36,37). The third kappa shape index (κ3) is 7.77. The molecule has 3 amide bonds. The number of aromatic amines is 1. The molecule has 8 N–H and O–H groups in total. The van der Waals surface area contributed by atoms with E-state index in [-0.39, 0.29) is 18.3 Å². The summed E-state index contributed by atoms with van der Waals surface area (Å²) in [7, 11) is 0. The van der Waals surface area contributed by atoms with Crippen LogP contribution in [0.3, 0.4) is 0 Å². The van der Waals surface area contributed by atoms with Crippen LogP contribution in [0.4, 0.5) is 0 Å². The maximum absolute atomic E-state index is 13.2. The van der Waals surface area contributed by atoms with E-state index >= 15 is 0 Å². The van der Waals surface area contributed by atoms with Crippen LogP contribution in [0.15, 0.2) is 30.5 Å². The second-order valence-electron chi connectivity index (χ2n) is 9.84. The number of nitrogens with two attached hydrogens (primary N) is 1. The van der Waals surface area contributed by atoms with Crippen LogP contribution < -0.4 is 21.7 Å². The van der Waals surface area contributed by atoms with Gasteiger partial charge in [-0.2, -0.15) is 0 Å². The van der Waals surface area contributed by atoms with Crippen molar-refractivity contribution in [3.63, 3.8) is 0 Å². The van der Waals surface area contributed by atoms with Crippen LogP contribution >= 0.6 is 0 Å². The molecule has 0 aliphatic carbocycles. The second kappa shape index (κ2) is 13.2. The molecule has 0 aliphatic rings. The molecule has 0 saturated carbocycles. The second-order valence-corrected chi connectivity index (χ2v) is 9.84. The highest BCUT2D eigenvalue weighted by molar-refractivity contribution is 5.94. The molecule has 6 unspecified atom stereocenters. The number of aromatic nitrogens is 1. The molecule has 11 nitrogen and oxygen atoms in total. The normalized spacial score (nSPS) is 16.3. The summed E-state index contributed by atoms with van der Waals surface area (Å²) in [6.07, 6.45) is 1.24. The molecular formula is C26H39N5O6. The maximum atomic E-state index is 13.2. The minimum Gasteiger partial charge on any atom is -0.480 e. The fourth-order valence-electron chi connectivity index (χ4n) is 4.00. The summed E-state index contributed by atoms with van der Waals surface area (Å²) < 4.78 is 0. The van der Waals surface area contributed by atoms with Crippen molar-refractivity contribution in [3.05, 3.63) is 36.0 Å². The summed E-state index contributed by atoms with van der Waals surface area (Å²) in [6, 6.07) is 3.16. The Hall–Kier alpha value is -3.44. The highest BCUT2D eigenvalue weighted by Gasteiger charge is 2.34. The predicted molar refractivity (Wildman–Crippen MR) is 139 cm³/mol. The summed E-state index contributed by atoms with van der Waals surface area (Å²) in [5, 5.41) is 27.6. The topological polar surface area (TPSA) is 187 Å². The number of H-pyrrole nitrogens is 1. The Morgan fingerprint density at radius 2 is 1.49 bits per heavy atom. The number of carbonyl (C=O) groups is 4. The first-order chi connectivity index (χ1) is 17.4. The summed E-state index contributed by atoms with van der Waals surface area (Å²) in [4.78, 5) is 53.6. The minimum absolute atomic E-state index is 0.260. The maximum Gasteiger partial charge on any atom is 0.328 e. The number of aliphatic carboxylic acids is 1. The van der Waals surface area contributed by atoms with Crippen molar-refractivity contribution in [2.24, 2.45) is 17.6 Å². The van der Waals surface area contributed by atoms with Gasteiger partial charge in [-0.05, 0) is 36.8 Å². The van der Waals surface area contributed by atoms with Crippen molar-refractivity contribution in [2.75, 3.05) is 0 Å². The van der Waals surface area contributed by atoms with E-state index in [1.54, 1.807) is 27.0 Å². The van der Waals surface area contributed by atoms with Crippen molar-refractivity contribution in [1.29, 1.82) is 0 Å². The van der Waals surface area contributed by atoms with Gasteiger partial charge in [0.2, 0.25) is 17.7 Å². The number of aliphatic hydroxyl groups excluding tert-OH is 1. The van der Waals surface area contributed by atoms with Crippen molar-refractivity contribution < 1.29 is 29.4 Å². The van der Waals surface area contributed by atoms with E-state index in [1.165, 1.54) is 6.92 Å². The number of carbonyl (C=O) groups excluding carboxylic acids is 3. The molecule has 204 valence electrons. The van der Waals surface area contributed by atoms with E-state index in [4.69, 9.17) is 5.73 Å². The number of aliphatic hydroxyl groups is 1. The van der Waals surface area contributed by atoms with Gasteiger partial charge in [-0.25, -0.2) is 4.79 Å². The van der Waals surface area contributed by atoms with Crippen LogP contribution in [0, 0.1) is 11.8 Å². The lowest BCUT2D eigenvalue weighted by atomic mass is 9.95. The van der Waals surface area contributed by atoms with E-state index in [0.29, 0.717) is 6.42 Å². The van der Waals surface area contributed by atoms with Gasteiger partial charge in [-0.1, -0.05) is 52.3 Å². The Kier molecular flexibility index (Phi) is 10.6. The van der Waals surface area contributed by atoms with Gasteiger partial charge in [-0.3, -0.25) is 14.4 Å². The van der Waals surface area contributed by atoms with Crippen LogP contribution in [-0.2, 0) is 25.6 Å². The van der Waals surface area contributed by atoms with Gasteiger partial charge in [0.15, 0.2) is 6.04 Å². The molecule has 2 rings (SSSR count). The monoisotopic (exact) mass is 517 g/mol. The molecule has 37 heavy (non-hydrogen) atoms. The first-order valence-electron chi connectivity index (χ1n) is 12.5. The Labute approximate surface area is 216 Å². The van der Waals surface area contributed by atoms with Crippen LogP contribution in [0.25, 0.3) is 10.9 Å². The zero-order chi connectivity index (χ0) is 27.9. The van der Waals surface area contributed by atoms with E-state index < -0.39 is 54.0 Å². The lowest BCUT2D eigenvalue weighted by Gasteiger charge is -2.29. The molecule has 1 heterocycles. The number of para-hydroxylation sites is 1. The summed E-state index contributed by atoms with van der Waals surface area (Å²) in [5.74, 6) is -3.90. The van der Waals surface area contributed by atoms with E-state index in [2.05, 4.69) is 20.9 Å². The van der Waals surface area contributed by atoms with Crippen molar-refractivity contribution in [1.82, 2.24) is 20.9 Å². The first-order valence-corrected chi connectivity index (χ1v) is 12.5. The Bertz CT molecular complexity index is 1100. The van der Waals surface area contributed by atoms with Crippen molar-refractivity contribution in [2.45, 2.75) is 77.7 Å². The fourth-order valence-corrected chi connectivity index (χ4v) is 4.00. The van der Waals surface area contributed by atoms with Gasteiger partial charge >= 0.3 is 5.97 Å². The van der Waals surface area contributed by atoms with Gasteiger partial charge in [0.1, 0.15) is 12.1 Å². The molecule has 0 fully saturated rings. The highest BCUT2D eigenvalue weighted by Crippen LogP contribution is 2.19. The SMILES string of the molecule is CCC(C)C(NC(=O)C(NC(=O)C(N)Cc1c[nH]c2ccccc12)C(C)C)C(=O)NC(C(=O)O)C(C)O. The summed E-state index contributed by atoms with van der Waals surface area (Å²) in [6.45, 7) is 8.32. The Balaban J connectivity index is 2.12.